The summed E-state index contributed by atoms with van der Waals surface area (Å²) >= 11 is 0. The van der Waals surface area contributed by atoms with E-state index >= 15 is 0 Å². The highest BCUT2D eigenvalue weighted by molar-refractivity contribution is 7.92. The summed E-state index contributed by atoms with van der Waals surface area (Å²) in [6.45, 7) is 4.43. The molecule has 0 saturated carbocycles. The van der Waals surface area contributed by atoms with Gasteiger partial charge in [-0.3, -0.25) is 9.10 Å². The fourth-order valence-corrected chi connectivity index (χ4v) is 4.80. The number of para-hydroxylation sites is 1. The number of nitrogens with zero attached hydrogens (tertiary/aromatic N) is 1. The average molecular weight is 388 g/mol. The lowest BCUT2D eigenvalue weighted by Crippen LogP contribution is -2.35. The van der Waals surface area contributed by atoms with Crippen molar-refractivity contribution in [2.24, 2.45) is 0 Å². The third-order valence-electron chi connectivity index (χ3n) is 4.59. The smallest absolute Gasteiger partial charge is 0.264 e. The van der Waals surface area contributed by atoms with E-state index in [4.69, 9.17) is 0 Å². The highest BCUT2D eigenvalue weighted by Gasteiger charge is 2.29. The molecule has 1 aliphatic heterocycles. The summed E-state index contributed by atoms with van der Waals surface area (Å²) in [6, 6.07) is 13.8. The van der Waals surface area contributed by atoms with Crippen LogP contribution in [0.25, 0.3) is 0 Å². The molecule has 1 aliphatic rings. The second-order valence-corrected chi connectivity index (χ2v) is 8.31. The number of carbonyl (C=O) groups excluding carboxylic acids is 1. The molecule has 6 nitrogen and oxygen atoms in total. The highest BCUT2D eigenvalue weighted by atomic mass is 32.2. The van der Waals surface area contributed by atoms with Crippen LogP contribution in [0.5, 0.6) is 0 Å². The van der Waals surface area contributed by atoms with Crippen molar-refractivity contribution in [3.05, 3.63) is 59.7 Å². The van der Waals surface area contributed by atoms with Crippen molar-refractivity contribution in [3.8, 4) is 0 Å². The van der Waals surface area contributed by atoms with Gasteiger partial charge in [-0.25, -0.2) is 8.42 Å². The van der Waals surface area contributed by atoms with Gasteiger partial charge in [0.25, 0.3) is 15.9 Å². The predicted octanol–water partition coefficient (Wildman–Crippen LogP) is 2.17. The van der Waals surface area contributed by atoms with Gasteiger partial charge in [-0.15, -0.1) is 0 Å². The topological polar surface area (TPSA) is 78.5 Å². The number of hydrogen-bond acceptors (Lipinski definition) is 4. The van der Waals surface area contributed by atoms with Crippen LogP contribution in [0.3, 0.4) is 0 Å². The normalized spacial score (nSPS) is 13.9. The Morgan fingerprint density at radius 3 is 2.74 bits per heavy atom. The van der Waals surface area contributed by atoms with E-state index in [0.717, 1.165) is 30.6 Å². The maximum absolute atomic E-state index is 13.2. The molecular weight excluding hydrogens is 362 g/mol. The van der Waals surface area contributed by atoms with E-state index in [9.17, 15) is 13.2 Å². The Hall–Kier alpha value is -2.38. The number of nitrogens with one attached hydrogen (secondary N) is 2. The van der Waals surface area contributed by atoms with Crippen molar-refractivity contribution in [2.45, 2.75) is 24.7 Å². The zero-order valence-corrected chi connectivity index (χ0v) is 16.3. The quantitative estimate of drug-likeness (QED) is 0.714. The SMILES string of the molecule is CCNCCNC(=O)c1cccc(S(=O)(=O)N2CCCc3ccccc32)c1. The van der Waals surface area contributed by atoms with Crippen molar-refractivity contribution >= 4 is 21.6 Å². The van der Waals surface area contributed by atoms with E-state index in [1.54, 1.807) is 18.2 Å². The maximum atomic E-state index is 13.2. The van der Waals surface area contributed by atoms with Gasteiger partial charge < -0.3 is 10.6 Å². The molecule has 2 N–H and O–H groups in total. The van der Waals surface area contributed by atoms with Crippen molar-refractivity contribution in [1.82, 2.24) is 10.6 Å². The molecule has 0 aromatic heterocycles. The molecule has 0 radical (unpaired) electrons. The van der Waals surface area contributed by atoms with Crippen molar-refractivity contribution in [3.63, 3.8) is 0 Å². The summed E-state index contributed by atoms with van der Waals surface area (Å²) in [5, 5.41) is 5.92. The number of carbonyl (C=O) groups is 1. The lowest BCUT2D eigenvalue weighted by molar-refractivity contribution is 0.0953. The molecule has 0 unspecified atom stereocenters. The minimum Gasteiger partial charge on any atom is -0.351 e. The van der Waals surface area contributed by atoms with Crippen LogP contribution in [-0.4, -0.2) is 40.5 Å². The zero-order valence-electron chi connectivity index (χ0n) is 15.4. The zero-order chi connectivity index (χ0) is 19.3. The first kappa shape index (κ1) is 19.4. The monoisotopic (exact) mass is 387 g/mol. The van der Waals surface area contributed by atoms with E-state index in [1.165, 1.54) is 10.4 Å². The van der Waals surface area contributed by atoms with Crippen LogP contribution < -0.4 is 14.9 Å². The molecule has 7 heteroatoms. The Morgan fingerprint density at radius 2 is 1.93 bits per heavy atom. The Morgan fingerprint density at radius 1 is 1.11 bits per heavy atom. The molecule has 2 aromatic rings. The van der Waals surface area contributed by atoms with Crippen LogP contribution >= 0.6 is 0 Å². The first-order valence-electron chi connectivity index (χ1n) is 9.23. The van der Waals surface area contributed by atoms with Crippen LogP contribution in [0, 0.1) is 0 Å². The molecule has 3 rings (SSSR count). The van der Waals surface area contributed by atoms with Crippen molar-refractivity contribution in [1.29, 1.82) is 0 Å². The molecule has 0 bridgehead atoms. The van der Waals surface area contributed by atoms with Crippen LogP contribution in [0.4, 0.5) is 5.69 Å². The predicted molar refractivity (Wildman–Crippen MR) is 107 cm³/mol. The van der Waals surface area contributed by atoms with E-state index in [2.05, 4.69) is 10.6 Å². The van der Waals surface area contributed by atoms with Gasteiger partial charge in [-0.2, -0.15) is 0 Å². The number of rotatable bonds is 7. The molecule has 1 heterocycles. The number of likely N-dealkylation sites (N-methyl/N-ethyl adjacent to an activating group) is 1. The molecule has 144 valence electrons. The van der Waals surface area contributed by atoms with Crippen LogP contribution in [0.2, 0.25) is 0 Å². The number of amides is 1. The number of sulfonamides is 1. The molecule has 27 heavy (non-hydrogen) atoms. The van der Waals surface area contributed by atoms with Gasteiger partial charge in [0.15, 0.2) is 0 Å². The molecule has 0 saturated heterocycles. The van der Waals surface area contributed by atoms with E-state index in [-0.39, 0.29) is 10.8 Å². The van der Waals surface area contributed by atoms with Gasteiger partial charge in [-0.1, -0.05) is 31.2 Å². The first-order chi connectivity index (χ1) is 13.0. The third kappa shape index (κ3) is 4.31. The van der Waals surface area contributed by atoms with Crippen molar-refractivity contribution < 1.29 is 13.2 Å². The second kappa shape index (κ2) is 8.54. The summed E-state index contributed by atoms with van der Waals surface area (Å²) in [6.07, 6.45) is 1.65. The van der Waals surface area contributed by atoms with Crippen molar-refractivity contribution in [2.75, 3.05) is 30.5 Å². The molecule has 1 amide bonds. The minimum atomic E-state index is -3.72. The second-order valence-electron chi connectivity index (χ2n) is 6.45. The molecule has 0 aliphatic carbocycles. The van der Waals surface area contributed by atoms with Crippen LogP contribution in [0.1, 0.15) is 29.3 Å². The minimum absolute atomic E-state index is 0.138. The molecule has 2 aromatic carbocycles. The van der Waals surface area contributed by atoms with E-state index in [1.807, 2.05) is 31.2 Å². The number of benzene rings is 2. The summed E-state index contributed by atoms with van der Waals surface area (Å²) in [5.41, 5.74) is 2.10. The lowest BCUT2D eigenvalue weighted by Gasteiger charge is -2.30. The summed E-state index contributed by atoms with van der Waals surface area (Å²) in [7, 11) is -3.72. The van der Waals surface area contributed by atoms with Gasteiger partial charge in [0.1, 0.15) is 0 Å². The van der Waals surface area contributed by atoms with Gasteiger partial charge in [0.05, 0.1) is 10.6 Å². The van der Waals surface area contributed by atoms with E-state index in [0.29, 0.717) is 25.2 Å². The number of fused-ring (bicyclic) bond motifs is 1. The fraction of sp³-hybridized carbons (Fsp3) is 0.350. The summed E-state index contributed by atoms with van der Waals surface area (Å²) in [4.78, 5) is 12.5. The number of aryl methyl sites for hydroxylation is 1. The maximum Gasteiger partial charge on any atom is 0.264 e. The molecule has 0 atom stereocenters. The van der Waals surface area contributed by atoms with E-state index < -0.39 is 10.0 Å². The molecule has 0 fully saturated rings. The highest BCUT2D eigenvalue weighted by Crippen LogP contribution is 2.31. The lowest BCUT2D eigenvalue weighted by atomic mass is 10.0. The van der Waals surface area contributed by atoms with Gasteiger partial charge in [0.2, 0.25) is 0 Å². The average Bonchev–Trinajstić information content (AvgIpc) is 2.70. The van der Waals surface area contributed by atoms with Crippen LogP contribution in [0.15, 0.2) is 53.4 Å². The largest absolute Gasteiger partial charge is 0.351 e. The van der Waals surface area contributed by atoms with Gasteiger partial charge in [0, 0.05) is 25.2 Å². The van der Waals surface area contributed by atoms with Gasteiger partial charge in [-0.05, 0) is 49.2 Å². The summed E-state index contributed by atoms with van der Waals surface area (Å²) in [5.74, 6) is -0.274. The van der Waals surface area contributed by atoms with Crippen LogP contribution in [-0.2, 0) is 16.4 Å². The third-order valence-corrected chi connectivity index (χ3v) is 6.40. The Labute approximate surface area is 160 Å². The number of hydrogen-bond donors (Lipinski definition) is 2. The molecular formula is C20H25N3O3S. The standard InChI is InChI=1S/C20H25N3O3S/c1-2-21-12-13-22-20(24)17-8-5-10-18(15-17)27(25,26)23-14-6-9-16-7-3-4-11-19(16)23/h3-5,7-8,10-11,15,21H,2,6,9,12-14H2,1H3,(H,22,24). The number of anilines is 1. The fourth-order valence-electron chi connectivity index (χ4n) is 3.22. The Kier molecular flexibility index (Phi) is 6.13. The van der Waals surface area contributed by atoms with Gasteiger partial charge >= 0.3 is 0 Å². The molecule has 0 spiro atoms. The Bertz CT molecular complexity index is 912. The Balaban J connectivity index is 1.83. The summed E-state index contributed by atoms with van der Waals surface area (Å²) < 4.78 is 27.9. The first-order valence-corrected chi connectivity index (χ1v) is 10.7.